The molecule has 0 aliphatic rings. The number of thioether (sulfide) groups is 1. The molecule has 0 radical (unpaired) electrons. The molecule has 2 rings (SSSR count). The summed E-state index contributed by atoms with van der Waals surface area (Å²) in [6, 6.07) is 13.4. The van der Waals surface area contributed by atoms with E-state index in [4.69, 9.17) is 10.00 Å². The molecule has 1 atom stereocenters. The van der Waals surface area contributed by atoms with Crippen LogP contribution in [0.1, 0.15) is 29.6 Å². The van der Waals surface area contributed by atoms with Gasteiger partial charge in [-0.25, -0.2) is 0 Å². The van der Waals surface area contributed by atoms with Crippen molar-refractivity contribution in [2.24, 2.45) is 0 Å². The number of ether oxygens (including phenoxy) is 1. The lowest BCUT2D eigenvalue weighted by molar-refractivity contribution is -0.384. The maximum atomic E-state index is 12.9. The lowest BCUT2D eigenvalue weighted by atomic mass is 10.1. The zero-order valence-corrected chi connectivity index (χ0v) is 18.4. The van der Waals surface area contributed by atoms with Crippen LogP contribution in [0.2, 0.25) is 0 Å². The first-order valence-electron chi connectivity index (χ1n) is 9.89. The molecule has 168 valence electrons. The molecule has 0 aliphatic heterocycles. The number of nitrogens with zero attached hydrogens (tertiary/aromatic N) is 2. The summed E-state index contributed by atoms with van der Waals surface area (Å²) in [5.74, 6) is 0.223. The monoisotopic (exact) mass is 456 g/mol. The van der Waals surface area contributed by atoms with E-state index in [0.717, 1.165) is 0 Å². The molecule has 0 spiro atoms. The molecule has 1 unspecified atom stereocenters. The van der Waals surface area contributed by atoms with E-state index in [1.165, 1.54) is 36.0 Å². The van der Waals surface area contributed by atoms with Gasteiger partial charge in [-0.2, -0.15) is 17.0 Å². The standard InChI is InChI=1S/C22H24N4O5S/c1-32-13-10-20(25-21(27)16-6-4-8-18(14-16)26(29)30)22(28)24-17-7-5-9-19(15-17)31-12-3-2-11-23/h4-9,14-15,20H,2-3,10,12-13H2,1H3,(H,24,28)(H,25,27). The smallest absolute Gasteiger partial charge is 0.270 e. The Morgan fingerprint density at radius 3 is 2.75 bits per heavy atom. The normalized spacial score (nSPS) is 11.1. The lowest BCUT2D eigenvalue weighted by Crippen LogP contribution is -2.44. The molecule has 0 heterocycles. The SMILES string of the molecule is CSCCC(NC(=O)c1cccc([N+](=O)[O-])c1)C(=O)Nc1cccc(OCCCC#N)c1. The van der Waals surface area contributed by atoms with Crippen molar-refractivity contribution in [1.29, 1.82) is 5.26 Å². The summed E-state index contributed by atoms with van der Waals surface area (Å²) in [6.45, 7) is 0.389. The number of hydrogen-bond donors (Lipinski definition) is 2. The fraction of sp³-hybridized carbons (Fsp3) is 0.318. The Kier molecular flexibility index (Phi) is 10.0. The number of nitrogens with one attached hydrogen (secondary N) is 2. The first-order chi connectivity index (χ1) is 15.4. The summed E-state index contributed by atoms with van der Waals surface area (Å²) in [6.07, 6.45) is 3.29. The van der Waals surface area contributed by atoms with Gasteiger partial charge in [0, 0.05) is 35.9 Å². The molecule has 0 aromatic heterocycles. The number of carbonyl (C=O) groups is 2. The van der Waals surface area contributed by atoms with Crippen molar-refractivity contribution in [2.45, 2.75) is 25.3 Å². The Labute approximate surface area is 190 Å². The van der Waals surface area contributed by atoms with Crippen molar-refractivity contribution in [3.63, 3.8) is 0 Å². The van der Waals surface area contributed by atoms with Crippen LogP contribution in [0.5, 0.6) is 5.75 Å². The summed E-state index contributed by atoms with van der Waals surface area (Å²) < 4.78 is 5.58. The van der Waals surface area contributed by atoms with E-state index in [1.807, 2.05) is 6.26 Å². The Morgan fingerprint density at radius 1 is 1.25 bits per heavy atom. The van der Waals surface area contributed by atoms with Gasteiger partial charge in [0.1, 0.15) is 11.8 Å². The van der Waals surface area contributed by atoms with Gasteiger partial charge < -0.3 is 15.4 Å². The van der Waals surface area contributed by atoms with Crippen LogP contribution in [0.15, 0.2) is 48.5 Å². The number of non-ortho nitro benzene ring substituents is 1. The van der Waals surface area contributed by atoms with Crippen LogP contribution in [0.4, 0.5) is 11.4 Å². The largest absolute Gasteiger partial charge is 0.493 e. The molecule has 0 aliphatic carbocycles. The summed E-state index contributed by atoms with van der Waals surface area (Å²) >= 11 is 1.53. The lowest BCUT2D eigenvalue weighted by Gasteiger charge is -2.18. The van der Waals surface area contributed by atoms with Gasteiger partial charge in [-0.1, -0.05) is 12.1 Å². The van der Waals surface area contributed by atoms with E-state index in [2.05, 4.69) is 16.7 Å². The molecule has 2 N–H and O–H groups in total. The molecule has 9 nitrogen and oxygen atoms in total. The second-order valence-corrected chi connectivity index (χ2v) is 7.73. The van der Waals surface area contributed by atoms with Crippen molar-refractivity contribution in [3.05, 3.63) is 64.2 Å². The zero-order chi connectivity index (χ0) is 23.3. The van der Waals surface area contributed by atoms with E-state index < -0.39 is 22.8 Å². The molecule has 2 amide bonds. The van der Waals surface area contributed by atoms with Crippen molar-refractivity contribution in [1.82, 2.24) is 5.32 Å². The van der Waals surface area contributed by atoms with Gasteiger partial charge in [-0.3, -0.25) is 19.7 Å². The number of anilines is 1. The van der Waals surface area contributed by atoms with Crippen molar-refractivity contribution in [3.8, 4) is 11.8 Å². The number of rotatable bonds is 12. The van der Waals surface area contributed by atoms with E-state index in [9.17, 15) is 19.7 Å². The third kappa shape index (κ3) is 7.92. The fourth-order valence-corrected chi connectivity index (χ4v) is 3.21. The van der Waals surface area contributed by atoms with E-state index in [-0.39, 0.29) is 11.3 Å². The number of nitro groups is 1. The highest BCUT2D eigenvalue weighted by molar-refractivity contribution is 7.98. The summed E-state index contributed by atoms with van der Waals surface area (Å²) in [4.78, 5) is 35.8. The molecular weight excluding hydrogens is 432 g/mol. The maximum absolute atomic E-state index is 12.9. The van der Waals surface area contributed by atoms with Gasteiger partial charge >= 0.3 is 0 Å². The molecule has 10 heteroatoms. The van der Waals surface area contributed by atoms with Gasteiger partial charge in [0.2, 0.25) is 5.91 Å². The molecular formula is C22H24N4O5S. The van der Waals surface area contributed by atoms with Crippen LogP contribution < -0.4 is 15.4 Å². The summed E-state index contributed by atoms with van der Waals surface area (Å²) in [5.41, 5.74) is 0.412. The fourth-order valence-electron chi connectivity index (χ4n) is 2.74. The molecule has 2 aromatic carbocycles. The van der Waals surface area contributed by atoms with Gasteiger partial charge in [0.25, 0.3) is 11.6 Å². The average Bonchev–Trinajstić information content (AvgIpc) is 2.79. The minimum Gasteiger partial charge on any atom is -0.493 e. The summed E-state index contributed by atoms with van der Waals surface area (Å²) in [7, 11) is 0. The van der Waals surface area contributed by atoms with Crippen molar-refractivity contribution < 1.29 is 19.2 Å². The summed E-state index contributed by atoms with van der Waals surface area (Å²) in [5, 5.41) is 25.0. The van der Waals surface area contributed by atoms with Crippen LogP contribution in [-0.4, -0.2) is 41.4 Å². The topological polar surface area (TPSA) is 134 Å². The Hall–Kier alpha value is -3.58. The highest BCUT2D eigenvalue weighted by Crippen LogP contribution is 2.19. The molecule has 0 saturated heterocycles. The molecule has 0 bridgehead atoms. The van der Waals surface area contributed by atoms with Crippen LogP contribution in [0, 0.1) is 21.4 Å². The molecule has 0 fully saturated rings. The highest BCUT2D eigenvalue weighted by atomic mass is 32.2. The van der Waals surface area contributed by atoms with E-state index in [0.29, 0.717) is 43.1 Å². The second kappa shape index (κ2) is 13.0. The molecule has 0 saturated carbocycles. The number of unbranched alkanes of at least 4 members (excludes halogenated alkanes) is 1. The van der Waals surface area contributed by atoms with Crippen molar-refractivity contribution >= 4 is 35.0 Å². The van der Waals surface area contributed by atoms with E-state index in [1.54, 1.807) is 24.3 Å². The molecule has 32 heavy (non-hydrogen) atoms. The van der Waals surface area contributed by atoms with Gasteiger partial charge in [-0.05, 0) is 43.0 Å². The van der Waals surface area contributed by atoms with E-state index >= 15 is 0 Å². The quantitative estimate of drug-likeness (QED) is 0.282. The average molecular weight is 457 g/mol. The zero-order valence-electron chi connectivity index (χ0n) is 17.6. The number of carbonyl (C=O) groups excluding carboxylic acids is 2. The number of nitriles is 1. The molecule has 2 aromatic rings. The Bertz CT molecular complexity index is 992. The number of benzene rings is 2. The Morgan fingerprint density at radius 2 is 2.03 bits per heavy atom. The minimum atomic E-state index is -0.825. The number of nitro benzene ring substituents is 1. The first kappa shape index (κ1) is 24.7. The highest BCUT2D eigenvalue weighted by Gasteiger charge is 2.22. The number of hydrogen-bond acceptors (Lipinski definition) is 7. The predicted molar refractivity (Wildman–Crippen MR) is 123 cm³/mol. The third-order valence-electron chi connectivity index (χ3n) is 4.35. The van der Waals surface area contributed by atoms with Crippen LogP contribution in [0.25, 0.3) is 0 Å². The van der Waals surface area contributed by atoms with Gasteiger partial charge in [0.15, 0.2) is 0 Å². The second-order valence-electron chi connectivity index (χ2n) is 6.74. The Balaban J connectivity index is 2.06. The predicted octanol–water partition coefficient (Wildman–Crippen LogP) is 3.77. The first-order valence-corrected chi connectivity index (χ1v) is 11.3. The van der Waals surface area contributed by atoms with Gasteiger partial charge in [0.05, 0.1) is 17.6 Å². The third-order valence-corrected chi connectivity index (χ3v) is 5.00. The van der Waals surface area contributed by atoms with Crippen LogP contribution >= 0.6 is 11.8 Å². The van der Waals surface area contributed by atoms with Crippen molar-refractivity contribution in [2.75, 3.05) is 23.9 Å². The number of amides is 2. The maximum Gasteiger partial charge on any atom is 0.270 e. The van der Waals surface area contributed by atoms with Crippen LogP contribution in [0.3, 0.4) is 0 Å². The minimum absolute atomic E-state index is 0.105. The van der Waals surface area contributed by atoms with Gasteiger partial charge in [-0.15, -0.1) is 0 Å². The van der Waals surface area contributed by atoms with Crippen LogP contribution in [-0.2, 0) is 4.79 Å².